The Morgan fingerprint density at radius 2 is 1.82 bits per heavy atom. The summed E-state index contributed by atoms with van der Waals surface area (Å²) in [4.78, 5) is 4.50. The second-order valence-corrected chi connectivity index (χ2v) is 8.26. The van der Waals surface area contributed by atoms with Crippen LogP contribution in [0.15, 0.2) is 47.4 Å². The van der Waals surface area contributed by atoms with E-state index in [0.29, 0.717) is 5.13 Å². The van der Waals surface area contributed by atoms with E-state index in [1.165, 1.54) is 29.7 Å². The minimum Gasteiger partial charge on any atom is -0.375 e. The lowest BCUT2D eigenvalue weighted by Gasteiger charge is -2.12. The number of fused-ring (bicyclic) bond motifs is 1. The summed E-state index contributed by atoms with van der Waals surface area (Å²) in [6.07, 6.45) is 0. The normalized spacial score (nSPS) is 12.1. The Hall–Kier alpha value is -1.96. The maximum Gasteiger partial charge on any atom is 0.242 e. The number of benzene rings is 2. The molecular weight excluding hydrogens is 318 g/mol. The van der Waals surface area contributed by atoms with E-state index in [1.54, 1.807) is 18.2 Å². The fraction of sp³-hybridized carbons (Fsp3) is 0.133. The molecule has 0 aliphatic carbocycles. The summed E-state index contributed by atoms with van der Waals surface area (Å²) in [6.45, 7) is 0. The molecule has 5 nitrogen and oxygen atoms in total. The van der Waals surface area contributed by atoms with Crippen molar-refractivity contribution in [1.82, 2.24) is 9.29 Å². The third kappa shape index (κ3) is 2.58. The number of hydrogen-bond donors (Lipinski definition) is 1. The van der Waals surface area contributed by atoms with Crippen molar-refractivity contribution >= 4 is 36.7 Å². The lowest BCUT2D eigenvalue weighted by molar-refractivity contribution is 0.521. The van der Waals surface area contributed by atoms with Gasteiger partial charge in [-0.15, -0.1) is 0 Å². The summed E-state index contributed by atoms with van der Waals surface area (Å²) in [6, 6.07) is 12.7. The van der Waals surface area contributed by atoms with Crippen molar-refractivity contribution in [1.29, 1.82) is 0 Å². The van der Waals surface area contributed by atoms with Gasteiger partial charge in [-0.25, -0.2) is 17.7 Å². The van der Waals surface area contributed by atoms with Gasteiger partial charge in [0, 0.05) is 14.1 Å². The number of nitrogens with zero attached hydrogens (tertiary/aromatic N) is 2. The Labute approximate surface area is 133 Å². The molecule has 22 heavy (non-hydrogen) atoms. The van der Waals surface area contributed by atoms with Gasteiger partial charge in [-0.05, 0) is 35.4 Å². The van der Waals surface area contributed by atoms with E-state index in [-0.39, 0.29) is 4.90 Å². The van der Waals surface area contributed by atoms with E-state index in [9.17, 15) is 8.42 Å². The van der Waals surface area contributed by atoms with Crippen LogP contribution in [0.4, 0.5) is 5.13 Å². The van der Waals surface area contributed by atoms with Gasteiger partial charge in [0.05, 0.1) is 15.1 Å². The predicted molar refractivity (Wildman–Crippen MR) is 90.3 cm³/mol. The van der Waals surface area contributed by atoms with Crippen LogP contribution in [-0.2, 0) is 10.0 Å². The molecule has 2 aromatic carbocycles. The van der Waals surface area contributed by atoms with Crippen LogP contribution < -0.4 is 5.73 Å². The first-order valence-electron chi connectivity index (χ1n) is 6.57. The van der Waals surface area contributed by atoms with E-state index < -0.39 is 10.0 Å². The quantitative estimate of drug-likeness (QED) is 0.799. The molecule has 0 aliphatic heterocycles. The van der Waals surface area contributed by atoms with E-state index in [4.69, 9.17) is 5.73 Å². The van der Waals surface area contributed by atoms with Gasteiger partial charge < -0.3 is 5.73 Å². The lowest BCUT2D eigenvalue weighted by atomic mass is 10.1. The summed E-state index contributed by atoms with van der Waals surface area (Å²) in [5.41, 5.74) is 8.35. The van der Waals surface area contributed by atoms with E-state index in [0.717, 1.165) is 21.3 Å². The van der Waals surface area contributed by atoms with Crippen molar-refractivity contribution in [3.8, 4) is 11.1 Å². The Bertz CT molecular complexity index is 946. The molecule has 0 bridgehead atoms. The Kier molecular flexibility index (Phi) is 3.64. The Balaban J connectivity index is 2.11. The van der Waals surface area contributed by atoms with Crippen molar-refractivity contribution in [2.24, 2.45) is 0 Å². The molecule has 0 aliphatic rings. The average Bonchev–Trinajstić information content (AvgIpc) is 2.86. The van der Waals surface area contributed by atoms with Gasteiger partial charge >= 0.3 is 0 Å². The van der Waals surface area contributed by atoms with Gasteiger partial charge in [0.15, 0.2) is 5.13 Å². The topological polar surface area (TPSA) is 76.3 Å². The molecule has 0 saturated carbocycles. The summed E-state index contributed by atoms with van der Waals surface area (Å²) in [5, 5.41) is 0.524. The number of hydrogen-bond acceptors (Lipinski definition) is 5. The molecule has 0 saturated heterocycles. The van der Waals surface area contributed by atoms with E-state index in [1.807, 2.05) is 24.3 Å². The first-order chi connectivity index (χ1) is 10.4. The zero-order valence-corrected chi connectivity index (χ0v) is 13.8. The number of thiazole rings is 1. The van der Waals surface area contributed by atoms with Gasteiger partial charge in [0.2, 0.25) is 10.0 Å². The summed E-state index contributed by atoms with van der Waals surface area (Å²) in [7, 11) is -0.398. The molecule has 0 fully saturated rings. The average molecular weight is 333 g/mol. The van der Waals surface area contributed by atoms with Gasteiger partial charge in [-0.1, -0.05) is 29.5 Å². The number of nitrogen functional groups attached to an aromatic ring is 1. The monoisotopic (exact) mass is 333 g/mol. The standard InChI is InChI=1S/C15H15N3O2S2/c1-18(2)22(19,20)12-5-3-4-10(8-12)11-6-7-13-14(9-11)21-15(16)17-13/h3-9H,1-2H3,(H2,16,17). The smallest absolute Gasteiger partial charge is 0.242 e. The molecule has 0 atom stereocenters. The van der Waals surface area contributed by atoms with Gasteiger partial charge in [0.25, 0.3) is 0 Å². The minimum absolute atomic E-state index is 0.277. The van der Waals surface area contributed by atoms with Gasteiger partial charge in [-0.3, -0.25) is 0 Å². The largest absolute Gasteiger partial charge is 0.375 e. The highest BCUT2D eigenvalue weighted by atomic mass is 32.2. The van der Waals surface area contributed by atoms with Crippen molar-refractivity contribution in [2.45, 2.75) is 4.90 Å². The molecule has 7 heteroatoms. The third-order valence-electron chi connectivity index (χ3n) is 3.35. The van der Waals surface area contributed by atoms with Crippen molar-refractivity contribution in [3.63, 3.8) is 0 Å². The number of anilines is 1. The number of rotatable bonds is 3. The molecule has 0 radical (unpaired) electrons. The molecule has 1 aromatic heterocycles. The molecule has 1 heterocycles. The first kappa shape index (κ1) is 15.0. The Morgan fingerprint density at radius 3 is 2.55 bits per heavy atom. The molecule has 0 unspecified atom stereocenters. The van der Waals surface area contributed by atoms with Crippen LogP contribution in [-0.4, -0.2) is 31.8 Å². The first-order valence-corrected chi connectivity index (χ1v) is 8.82. The number of aromatic nitrogens is 1. The van der Waals surface area contributed by atoms with Crippen molar-refractivity contribution in [2.75, 3.05) is 19.8 Å². The minimum atomic E-state index is -3.44. The highest BCUT2D eigenvalue weighted by Crippen LogP contribution is 2.30. The van der Waals surface area contributed by atoms with Crippen molar-refractivity contribution in [3.05, 3.63) is 42.5 Å². The van der Waals surface area contributed by atoms with Crippen LogP contribution in [0.5, 0.6) is 0 Å². The molecular formula is C15H15N3O2S2. The molecule has 0 spiro atoms. The molecule has 114 valence electrons. The Morgan fingerprint density at radius 1 is 1.09 bits per heavy atom. The maximum atomic E-state index is 12.2. The number of sulfonamides is 1. The molecule has 3 aromatic rings. The van der Waals surface area contributed by atoms with Crippen LogP contribution >= 0.6 is 11.3 Å². The van der Waals surface area contributed by atoms with Crippen LogP contribution in [0.2, 0.25) is 0 Å². The van der Waals surface area contributed by atoms with Crippen LogP contribution in [0, 0.1) is 0 Å². The van der Waals surface area contributed by atoms with Crippen LogP contribution in [0.1, 0.15) is 0 Å². The fourth-order valence-corrected chi connectivity index (χ4v) is 3.89. The van der Waals surface area contributed by atoms with E-state index in [2.05, 4.69) is 4.98 Å². The zero-order valence-electron chi connectivity index (χ0n) is 12.1. The predicted octanol–water partition coefficient (Wildman–Crippen LogP) is 2.80. The van der Waals surface area contributed by atoms with Crippen LogP contribution in [0.25, 0.3) is 21.3 Å². The summed E-state index contributed by atoms with van der Waals surface area (Å²) < 4.78 is 26.7. The van der Waals surface area contributed by atoms with E-state index >= 15 is 0 Å². The zero-order chi connectivity index (χ0) is 15.9. The third-order valence-corrected chi connectivity index (χ3v) is 6.01. The summed E-state index contributed by atoms with van der Waals surface area (Å²) >= 11 is 1.42. The highest BCUT2D eigenvalue weighted by molar-refractivity contribution is 7.89. The number of nitrogens with two attached hydrogens (primary N) is 1. The SMILES string of the molecule is CN(C)S(=O)(=O)c1cccc(-c2ccc3nc(N)sc3c2)c1. The van der Waals surface area contributed by atoms with Gasteiger partial charge in [0.1, 0.15) is 0 Å². The van der Waals surface area contributed by atoms with Crippen LogP contribution in [0.3, 0.4) is 0 Å². The second kappa shape index (κ2) is 5.35. The molecule has 3 rings (SSSR count). The maximum absolute atomic E-state index is 12.2. The lowest BCUT2D eigenvalue weighted by Crippen LogP contribution is -2.22. The van der Waals surface area contributed by atoms with Crippen molar-refractivity contribution < 1.29 is 8.42 Å². The highest BCUT2D eigenvalue weighted by Gasteiger charge is 2.17. The molecule has 2 N–H and O–H groups in total. The second-order valence-electron chi connectivity index (χ2n) is 5.05. The fourth-order valence-electron chi connectivity index (χ4n) is 2.17. The van der Waals surface area contributed by atoms with Gasteiger partial charge in [-0.2, -0.15) is 0 Å². The molecule has 0 amide bonds. The summed E-state index contributed by atoms with van der Waals surface area (Å²) in [5.74, 6) is 0.